The molecule has 19 heavy (non-hydrogen) atoms. The summed E-state index contributed by atoms with van der Waals surface area (Å²) >= 11 is 0. The Morgan fingerprint density at radius 2 is 2.00 bits per heavy atom. The lowest BCUT2D eigenvalue weighted by Crippen LogP contribution is -3.08. The highest BCUT2D eigenvalue weighted by molar-refractivity contribution is 5.76. The van der Waals surface area contributed by atoms with Gasteiger partial charge in [0.25, 0.3) is 5.91 Å². The summed E-state index contributed by atoms with van der Waals surface area (Å²) in [6.45, 7) is 1.73. The minimum Gasteiger partial charge on any atom is -0.463 e. The largest absolute Gasteiger partial charge is 0.463 e. The number of nitrogens with one attached hydrogen (secondary N) is 2. The molecule has 1 unspecified atom stereocenters. The molecule has 0 aliphatic heterocycles. The molecule has 2 N–H and O–H groups in total. The molecule has 2 aromatic rings. The lowest BCUT2D eigenvalue weighted by atomic mass is 10.2. The third-order valence-electron chi connectivity index (χ3n) is 2.85. The predicted octanol–water partition coefficient (Wildman–Crippen LogP) is 0.611. The van der Waals surface area contributed by atoms with Crippen molar-refractivity contribution in [3.05, 3.63) is 60.1 Å². The van der Waals surface area contributed by atoms with Crippen molar-refractivity contribution in [1.82, 2.24) is 5.32 Å². The SMILES string of the molecule is C[NH+](CC(=O)NCc1ccccc1)Cc1ccco1. The van der Waals surface area contributed by atoms with Crippen molar-refractivity contribution in [1.29, 1.82) is 0 Å². The summed E-state index contributed by atoms with van der Waals surface area (Å²) in [6, 6.07) is 13.7. The van der Waals surface area contributed by atoms with E-state index in [1.807, 2.05) is 49.5 Å². The molecular weight excluding hydrogens is 240 g/mol. The Morgan fingerprint density at radius 1 is 1.21 bits per heavy atom. The molecular formula is C15H19N2O2+. The number of quaternary nitrogens is 1. The zero-order chi connectivity index (χ0) is 13.5. The van der Waals surface area contributed by atoms with Gasteiger partial charge in [0.1, 0.15) is 6.54 Å². The van der Waals surface area contributed by atoms with E-state index < -0.39 is 0 Å². The Bertz CT molecular complexity index is 494. The van der Waals surface area contributed by atoms with Gasteiger partial charge in [0.15, 0.2) is 12.3 Å². The Labute approximate surface area is 113 Å². The van der Waals surface area contributed by atoms with Crippen LogP contribution in [0.5, 0.6) is 0 Å². The Morgan fingerprint density at radius 3 is 2.68 bits per heavy atom. The molecule has 0 aliphatic rings. The first kappa shape index (κ1) is 13.4. The minimum atomic E-state index is 0.0490. The van der Waals surface area contributed by atoms with Gasteiger partial charge in [0.2, 0.25) is 0 Å². The predicted molar refractivity (Wildman–Crippen MR) is 72.5 cm³/mol. The third-order valence-corrected chi connectivity index (χ3v) is 2.85. The summed E-state index contributed by atoms with van der Waals surface area (Å²) in [5.74, 6) is 0.946. The van der Waals surface area contributed by atoms with Crippen molar-refractivity contribution in [3.63, 3.8) is 0 Å². The van der Waals surface area contributed by atoms with Crippen molar-refractivity contribution in [2.24, 2.45) is 0 Å². The van der Waals surface area contributed by atoms with Crippen LogP contribution in [0.25, 0.3) is 0 Å². The van der Waals surface area contributed by atoms with Crippen LogP contribution in [0.15, 0.2) is 53.1 Å². The van der Waals surface area contributed by atoms with Gasteiger partial charge < -0.3 is 14.6 Å². The van der Waals surface area contributed by atoms with Gasteiger partial charge in [-0.05, 0) is 17.7 Å². The number of amides is 1. The molecule has 0 saturated heterocycles. The van der Waals surface area contributed by atoms with Crippen LogP contribution >= 0.6 is 0 Å². The molecule has 0 aliphatic carbocycles. The number of carbonyl (C=O) groups excluding carboxylic acids is 1. The van der Waals surface area contributed by atoms with Crippen molar-refractivity contribution in [2.45, 2.75) is 13.1 Å². The average Bonchev–Trinajstić information content (AvgIpc) is 2.90. The standard InChI is InChI=1S/C15H18N2O2/c1-17(11-14-8-5-9-19-14)12-15(18)16-10-13-6-3-2-4-7-13/h2-9H,10-12H2,1H3,(H,16,18)/p+1. The van der Waals surface area contributed by atoms with Gasteiger partial charge in [0, 0.05) is 6.54 Å². The first-order valence-corrected chi connectivity index (χ1v) is 6.38. The molecule has 1 aromatic carbocycles. The fourth-order valence-corrected chi connectivity index (χ4v) is 1.91. The Balaban J connectivity index is 1.72. The first-order chi connectivity index (χ1) is 9.24. The van der Waals surface area contributed by atoms with Crippen LogP contribution in [0.3, 0.4) is 0 Å². The van der Waals surface area contributed by atoms with Crippen LogP contribution in [0.1, 0.15) is 11.3 Å². The molecule has 0 bridgehead atoms. The number of likely N-dealkylation sites (N-methyl/N-ethyl adjacent to an activating group) is 1. The summed E-state index contributed by atoms with van der Waals surface area (Å²) in [5.41, 5.74) is 1.11. The number of furan rings is 1. The number of rotatable bonds is 6. The third kappa shape index (κ3) is 4.60. The van der Waals surface area contributed by atoms with E-state index in [9.17, 15) is 4.79 Å². The molecule has 4 heteroatoms. The lowest BCUT2D eigenvalue weighted by Gasteiger charge is -2.12. The van der Waals surface area contributed by atoms with Gasteiger partial charge in [0.05, 0.1) is 13.3 Å². The maximum Gasteiger partial charge on any atom is 0.275 e. The quantitative estimate of drug-likeness (QED) is 0.798. The number of carbonyl (C=O) groups is 1. The van der Waals surface area contributed by atoms with Crippen LogP contribution in [0.4, 0.5) is 0 Å². The molecule has 100 valence electrons. The van der Waals surface area contributed by atoms with E-state index in [1.54, 1.807) is 6.26 Å². The zero-order valence-electron chi connectivity index (χ0n) is 11.1. The second kappa shape index (κ2) is 6.75. The first-order valence-electron chi connectivity index (χ1n) is 6.38. The maximum atomic E-state index is 11.8. The summed E-state index contributed by atoms with van der Waals surface area (Å²) in [5, 5.41) is 2.92. The van der Waals surface area contributed by atoms with Crippen LogP contribution in [-0.4, -0.2) is 19.5 Å². The van der Waals surface area contributed by atoms with Gasteiger partial charge in [-0.1, -0.05) is 30.3 Å². The van der Waals surface area contributed by atoms with Crippen LogP contribution in [-0.2, 0) is 17.9 Å². The van der Waals surface area contributed by atoms with Crippen molar-refractivity contribution >= 4 is 5.91 Å². The smallest absolute Gasteiger partial charge is 0.275 e. The van der Waals surface area contributed by atoms with E-state index in [1.165, 1.54) is 0 Å². The monoisotopic (exact) mass is 259 g/mol. The molecule has 4 nitrogen and oxygen atoms in total. The lowest BCUT2D eigenvalue weighted by molar-refractivity contribution is -0.886. The number of benzene rings is 1. The van der Waals surface area contributed by atoms with Gasteiger partial charge >= 0.3 is 0 Å². The highest BCUT2D eigenvalue weighted by Crippen LogP contribution is 1.97. The van der Waals surface area contributed by atoms with Crippen LogP contribution in [0, 0.1) is 0 Å². The molecule has 1 atom stereocenters. The Hall–Kier alpha value is -2.07. The molecule has 0 saturated carbocycles. The van der Waals surface area contributed by atoms with Crippen molar-refractivity contribution in [2.75, 3.05) is 13.6 Å². The van der Waals surface area contributed by atoms with E-state index in [0.717, 1.165) is 16.2 Å². The second-order valence-corrected chi connectivity index (χ2v) is 4.65. The fourth-order valence-electron chi connectivity index (χ4n) is 1.91. The fraction of sp³-hybridized carbons (Fsp3) is 0.267. The number of hydrogen-bond acceptors (Lipinski definition) is 2. The summed E-state index contributed by atoms with van der Waals surface area (Å²) in [4.78, 5) is 12.9. The van der Waals surface area contributed by atoms with Crippen molar-refractivity contribution in [3.8, 4) is 0 Å². The Kier molecular flexibility index (Phi) is 4.75. The number of hydrogen-bond donors (Lipinski definition) is 2. The molecule has 0 spiro atoms. The topological polar surface area (TPSA) is 46.7 Å². The zero-order valence-corrected chi connectivity index (χ0v) is 11.1. The molecule has 2 rings (SSSR count). The van der Waals surface area contributed by atoms with Gasteiger partial charge in [-0.15, -0.1) is 0 Å². The van der Waals surface area contributed by atoms with E-state index in [0.29, 0.717) is 19.6 Å². The van der Waals surface area contributed by atoms with E-state index >= 15 is 0 Å². The highest BCUT2D eigenvalue weighted by atomic mass is 16.3. The van der Waals surface area contributed by atoms with Gasteiger partial charge in [-0.25, -0.2) is 0 Å². The van der Waals surface area contributed by atoms with Crippen LogP contribution < -0.4 is 10.2 Å². The summed E-state index contributed by atoms with van der Waals surface area (Å²) < 4.78 is 5.26. The van der Waals surface area contributed by atoms with Gasteiger partial charge in [-0.2, -0.15) is 0 Å². The molecule has 1 aromatic heterocycles. The van der Waals surface area contributed by atoms with E-state index in [-0.39, 0.29) is 5.91 Å². The average molecular weight is 259 g/mol. The minimum absolute atomic E-state index is 0.0490. The van der Waals surface area contributed by atoms with Crippen LogP contribution in [0.2, 0.25) is 0 Å². The summed E-state index contributed by atoms with van der Waals surface area (Å²) in [7, 11) is 1.98. The second-order valence-electron chi connectivity index (χ2n) is 4.65. The molecule has 1 amide bonds. The van der Waals surface area contributed by atoms with Gasteiger partial charge in [-0.3, -0.25) is 4.79 Å². The van der Waals surface area contributed by atoms with E-state index in [2.05, 4.69) is 5.32 Å². The summed E-state index contributed by atoms with van der Waals surface area (Å²) in [6.07, 6.45) is 1.65. The van der Waals surface area contributed by atoms with Crippen molar-refractivity contribution < 1.29 is 14.1 Å². The van der Waals surface area contributed by atoms with E-state index in [4.69, 9.17) is 4.42 Å². The molecule has 0 fully saturated rings. The molecule has 1 heterocycles. The highest BCUT2D eigenvalue weighted by Gasteiger charge is 2.11. The maximum absolute atomic E-state index is 11.8. The molecule has 0 radical (unpaired) electrons. The normalized spacial score (nSPS) is 12.1.